The molecule has 0 saturated carbocycles. The van der Waals surface area contributed by atoms with Crippen LogP contribution in [-0.4, -0.2) is 18.1 Å². The zero-order chi connectivity index (χ0) is 24.0. The molecule has 0 aliphatic heterocycles. The molecule has 1 aromatic heterocycles. The van der Waals surface area contributed by atoms with Gasteiger partial charge in [0.15, 0.2) is 5.75 Å². The molecule has 174 valence electrons. The number of fused-ring (bicyclic) bond motifs is 1. The molecule has 3 aromatic rings. The third-order valence-corrected chi connectivity index (χ3v) is 5.72. The van der Waals surface area contributed by atoms with Crippen LogP contribution < -0.4 is 15.7 Å². The summed E-state index contributed by atoms with van der Waals surface area (Å²) in [5, 5.41) is 3.45. The van der Waals surface area contributed by atoms with E-state index in [1.807, 2.05) is 51.1 Å². The van der Waals surface area contributed by atoms with Crippen molar-refractivity contribution in [3.8, 4) is 5.75 Å². The molecule has 8 heteroatoms. The molecule has 33 heavy (non-hydrogen) atoms. The molecule has 2 aromatic carbocycles. The van der Waals surface area contributed by atoms with E-state index < -0.39 is 23.7 Å². The van der Waals surface area contributed by atoms with Crippen molar-refractivity contribution in [1.82, 2.24) is 5.32 Å². The topological polar surface area (TPSA) is 94.8 Å². The van der Waals surface area contributed by atoms with Crippen LogP contribution in [0.3, 0.4) is 0 Å². The lowest BCUT2D eigenvalue weighted by Crippen LogP contribution is -2.47. The summed E-state index contributed by atoms with van der Waals surface area (Å²) in [5.41, 5.74) is 1.37. The third kappa shape index (κ3) is 6.14. The van der Waals surface area contributed by atoms with Crippen LogP contribution in [0.5, 0.6) is 5.75 Å². The van der Waals surface area contributed by atoms with Crippen molar-refractivity contribution in [3.05, 3.63) is 75.1 Å². The number of nitrogens with one attached hydrogen (secondary N) is 1. The number of hydrogen-bond donors (Lipinski definition) is 1. The molecule has 7 nitrogen and oxygen atoms in total. The lowest BCUT2D eigenvalue weighted by molar-refractivity contribution is -0.138. The standard InChI is InChI=1S/C25H26ClNO6/c1-4-15(3)23(27-25(30)31-14-16-9-7-6-8-10-16)24(29)33-21-13-20-18(12-19(21)26)17(5-2)11-22(28)32-20/h6-13,15,23H,4-5,14H2,1-3H3,(H,27,30)/t15-,23+/m0/s1. The van der Waals surface area contributed by atoms with Gasteiger partial charge < -0.3 is 19.2 Å². The van der Waals surface area contributed by atoms with E-state index in [1.165, 1.54) is 12.1 Å². The van der Waals surface area contributed by atoms with Crippen LogP contribution >= 0.6 is 11.6 Å². The highest BCUT2D eigenvalue weighted by Crippen LogP contribution is 2.32. The Morgan fingerprint density at radius 2 is 1.85 bits per heavy atom. The maximum atomic E-state index is 13.0. The molecule has 0 aliphatic rings. The summed E-state index contributed by atoms with van der Waals surface area (Å²) >= 11 is 6.35. The monoisotopic (exact) mass is 471 g/mol. The van der Waals surface area contributed by atoms with Gasteiger partial charge in [-0.3, -0.25) is 0 Å². The zero-order valence-electron chi connectivity index (χ0n) is 18.7. The second kappa shape index (κ2) is 11.0. The van der Waals surface area contributed by atoms with Gasteiger partial charge in [-0.25, -0.2) is 14.4 Å². The maximum Gasteiger partial charge on any atom is 0.408 e. The summed E-state index contributed by atoms with van der Waals surface area (Å²) in [6, 6.07) is 12.7. The Bertz CT molecular complexity index is 1190. The van der Waals surface area contributed by atoms with Gasteiger partial charge in [0.1, 0.15) is 18.2 Å². The maximum absolute atomic E-state index is 13.0. The van der Waals surface area contributed by atoms with Crippen molar-refractivity contribution in [3.63, 3.8) is 0 Å². The van der Waals surface area contributed by atoms with Gasteiger partial charge >= 0.3 is 17.7 Å². The SMILES string of the molecule is CCc1cc(=O)oc2cc(OC(=O)[C@H](NC(=O)OCc3ccccc3)[C@@H](C)CC)c(Cl)cc12. The van der Waals surface area contributed by atoms with Gasteiger partial charge in [-0.2, -0.15) is 0 Å². The predicted octanol–water partition coefficient (Wildman–Crippen LogP) is 5.26. The van der Waals surface area contributed by atoms with Gasteiger partial charge in [-0.15, -0.1) is 0 Å². The fourth-order valence-corrected chi connectivity index (χ4v) is 3.53. The Morgan fingerprint density at radius 3 is 2.52 bits per heavy atom. The average Bonchev–Trinajstić information content (AvgIpc) is 2.81. The number of halogens is 1. The van der Waals surface area contributed by atoms with E-state index in [9.17, 15) is 14.4 Å². The fourth-order valence-electron chi connectivity index (χ4n) is 3.33. The number of carbonyl (C=O) groups excluding carboxylic acids is 2. The summed E-state index contributed by atoms with van der Waals surface area (Å²) in [5.74, 6) is -0.889. The second-order valence-corrected chi connectivity index (χ2v) is 8.12. The van der Waals surface area contributed by atoms with Crippen molar-refractivity contribution >= 4 is 34.6 Å². The summed E-state index contributed by atoms with van der Waals surface area (Å²) < 4.78 is 16.0. The van der Waals surface area contributed by atoms with E-state index in [0.29, 0.717) is 18.2 Å². The first-order valence-electron chi connectivity index (χ1n) is 10.8. The number of hydrogen-bond acceptors (Lipinski definition) is 6. The van der Waals surface area contributed by atoms with Gasteiger partial charge in [-0.1, -0.05) is 69.1 Å². The first kappa shape index (κ1) is 24.3. The van der Waals surface area contributed by atoms with Crippen LogP contribution in [0, 0.1) is 5.92 Å². The van der Waals surface area contributed by atoms with Gasteiger partial charge in [0.05, 0.1) is 5.02 Å². The number of aryl methyl sites for hydroxylation is 1. The quantitative estimate of drug-likeness (QED) is 0.274. The lowest BCUT2D eigenvalue weighted by atomic mass is 9.99. The Balaban J connectivity index is 1.77. The minimum absolute atomic E-state index is 0.0401. The second-order valence-electron chi connectivity index (χ2n) is 7.71. The van der Waals surface area contributed by atoms with Crippen LogP contribution in [0.4, 0.5) is 4.79 Å². The molecular formula is C25H26ClNO6. The predicted molar refractivity (Wildman–Crippen MR) is 126 cm³/mol. The van der Waals surface area contributed by atoms with Gasteiger partial charge in [0.25, 0.3) is 0 Å². The van der Waals surface area contributed by atoms with Crippen molar-refractivity contribution in [1.29, 1.82) is 0 Å². The highest BCUT2D eigenvalue weighted by molar-refractivity contribution is 6.33. The number of carbonyl (C=O) groups is 2. The summed E-state index contributed by atoms with van der Waals surface area (Å²) in [4.78, 5) is 37.1. The Hall–Kier alpha value is -3.32. The molecule has 0 spiro atoms. The molecule has 2 atom stereocenters. The summed E-state index contributed by atoms with van der Waals surface area (Å²) in [7, 11) is 0. The van der Waals surface area contributed by atoms with Crippen LogP contribution in [0.25, 0.3) is 11.0 Å². The number of ether oxygens (including phenoxy) is 2. The number of esters is 1. The zero-order valence-corrected chi connectivity index (χ0v) is 19.5. The Kier molecular flexibility index (Phi) is 8.11. The molecule has 0 aliphatic carbocycles. The third-order valence-electron chi connectivity index (χ3n) is 5.43. The lowest BCUT2D eigenvalue weighted by Gasteiger charge is -2.22. The van der Waals surface area contributed by atoms with E-state index in [0.717, 1.165) is 11.1 Å². The molecular weight excluding hydrogens is 446 g/mol. The molecule has 0 radical (unpaired) electrons. The van der Waals surface area contributed by atoms with Gasteiger partial charge in [0, 0.05) is 17.5 Å². The van der Waals surface area contributed by atoms with Crippen molar-refractivity contribution in [2.45, 2.75) is 46.3 Å². The minimum Gasteiger partial charge on any atom is -0.445 e. The van der Waals surface area contributed by atoms with E-state index in [4.69, 9.17) is 25.5 Å². The normalized spacial score (nSPS) is 12.7. The van der Waals surface area contributed by atoms with Crippen LogP contribution in [0.1, 0.15) is 38.3 Å². The van der Waals surface area contributed by atoms with Crippen LogP contribution in [-0.2, 0) is 22.6 Å². The first-order chi connectivity index (χ1) is 15.8. The van der Waals surface area contributed by atoms with E-state index in [2.05, 4.69) is 5.32 Å². The smallest absolute Gasteiger partial charge is 0.408 e. The number of amides is 1. The van der Waals surface area contributed by atoms with E-state index >= 15 is 0 Å². The van der Waals surface area contributed by atoms with E-state index in [-0.39, 0.29) is 28.9 Å². The number of benzene rings is 2. The molecule has 3 rings (SSSR count). The first-order valence-corrected chi connectivity index (χ1v) is 11.1. The Morgan fingerprint density at radius 1 is 1.12 bits per heavy atom. The molecule has 1 heterocycles. The van der Waals surface area contributed by atoms with Gasteiger partial charge in [-0.05, 0) is 29.5 Å². The number of alkyl carbamates (subject to hydrolysis) is 1. The summed E-state index contributed by atoms with van der Waals surface area (Å²) in [6.45, 7) is 5.70. The molecule has 1 N–H and O–H groups in total. The molecule has 1 amide bonds. The largest absolute Gasteiger partial charge is 0.445 e. The average molecular weight is 472 g/mol. The minimum atomic E-state index is -0.959. The van der Waals surface area contributed by atoms with Gasteiger partial charge in [0.2, 0.25) is 0 Å². The molecule has 0 saturated heterocycles. The highest BCUT2D eigenvalue weighted by Gasteiger charge is 2.29. The summed E-state index contributed by atoms with van der Waals surface area (Å²) in [6.07, 6.45) is 0.492. The fraction of sp³-hybridized carbons (Fsp3) is 0.320. The molecule has 0 fully saturated rings. The molecule has 0 bridgehead atoms. The molecule has 0 unspecified atom stereocenters. The van der Waals surface area contributed by atoms with Crippen molar-refractivity contribution in [2.24, 2.45) is 5.92 Å². The van der Waals surface area contributed by atoms with E-state index in [1.54, 1.807) is 6.07 Å². The highest BCUT2D eigenvalue weighted by atomic mass is 35.5. The van der Waals surface area contributed by atoms with Crippen molar-refractivity contribution < 1.29 is 23.5 Å². The Labute approximate surface area is 196 Å². The van der Waals surface area contributed by atoms with Crippen LogP contribution in [0.2, 0.25) is 5.02 Å². The van der Waals surface area contributed by atoms with Crippen molar-refractivity contribution in [2.75, 3.05) is 0 Å². The number of rotatable bonds is 8. The van der Waals surface area contributed by atoms with Crippen LogP contribution in [0.15, 0.2) is 57.7 Å².